The molecule has 1 aromatic carbocycles. The van der Waals surface area contributed by atoms with Crippen molar-refractivity contribution in [3.8, 4) is 0 Å². The van der Waals surface area contributed by atoms with Crippen LogP contribution in [0.4, 0.5) is 5.69 Å². The van der Waals surface area contributed by atoms with Gasteiger partial charge in [0, 0.05) is 5.02 Å². The van der Waals surface area contributed by atoms with E-state index in [1.54, 1.807) is 12.1 Å². The fourth-order valence-corrected chi connectivity index (χ4v) is 5.31. The largest absolute Gasteiger partial charge is 0.274 e. The smallest absolute Gasteiger partial charge is 0.238 e. The van der Waals surface area contributed by atoms with Gasteiger partial charge in [-0.15, -0.1) is 0 Å². The van der Waals surface area contributed by atoms with Gasteiger partial charge in [0.05, 0.1) is 17.5 Å². The Kier molecular flexibility index (Phi) is 2.24. The molecule has 1 spiro atoms. The summed E-state index contributed by atoms with van der Waals surface area (Å²) in [7, 11) is 0. The molecule has 3 nitrogen and oxygen atoms in total. The molecule has 3 aliphatic carbocycles. The summed E-state index contributed by atoms with van der Waals surface area (Å²) in [4.78, 5) is 27.4. The molecular weight excluding hydrogens is 298 g/mol. The summed E-state index contributed by atoms with van der Waals surface area (Å²) >= 11 is 6.07. The van der Waals surface area contributed by atoms with Gasteiger partial charge in [0.15, 0.2) is 0 Å². The minimum Gasteiger partial charge on any atom is -0.274 e. The molecule has 4 heteroatoms. The Bertz CT molecular complexity index is 730. The molecule has 3 fully saturated rings. The van der Waals surface area contributed by atoms with E-state index < -0.39 is 0 Å². The molecule has 4 atom stereocenters. The summed E-state index contributed by atoms with van der Waals surface area (Å²) in [5.41, 5.74) is 1.81. The number of rotatable bonds is 1. The zero-order valence-corrected chi connectivity index (χ0v) is 13.0. The van der Waals surface area contributed by atoms with E-state index in [0.29, 0.717) is 10.7 Å². The Morgan fingerprint density at radius 3 is 2.23 bits per heavy atom. The first-order chi connectivity index (χ1) is 10.5. The predicted octanol–water partition coefficient (Wildman–Crippen LogP) is 3.35. The highest BCUT2D eigenvalue weighted by molar-refractivity contribution is 6.31. The maximum atomic E-state index is 13.0. The molecule has 22 heavy (non-hydrogen) atoms. The Labute approximate surface area is 133 Å². The molecule has 0 aromatic heterocycles. The third-order valence-electron chi connectivity index (χ3n) is 6.26. The van der Waals surface area contributed by atoms with E-state index in [0.717, 1.165) is 5.56 Å². The van der Waals surface area contributed by atoms with Gasteiger partial charge in [0.25, 0.3) is 0 Å². The number of carbonyl (C=O) groups excluding carboxylic acids is 2. The molecule has 1 heterocycles. The second kappa shape index (κ2) is 3.83. The third kappa shape index (κ3) is 1.30. The number of imide groups is 1. The minimum absolute atomic E-state index is 0.0245. The second-order valence-corrected chi connectivity index (χ2v) is 7.60. The van der Waals surface area contributed by atoms with E-state index in [1.165, 1.54) is 17.7 Å². The van der Waals surface area contributed by atoms with Crippen LogP contribution in [0.15, 0.2) is 30.4 Å². The van der Waals surface area contributed by atoms with Crippen LogP contribution in [0.1, 0.15) is 18.4 Å². The molecule has 2 amide bonds. The van der Waals surface area contributed by atoms with E-state index in [1.807, 2.05) is 13.0 Å². The summed E-state index contributed by atoms with van der Waals surface area (Å²) in [5.74, 6) is 0.186. The van der Waals surface area contributed by atoms with Crippen LogP contribution in [0.25, 0.3) is 0 Å². The summed E-state index contributed by atoms with van der Waals surface area (Å²) in [6.07, 6.45) is 6.72. The van der Waals surface area contributed by atoms with Crippen LogP contribution < -0.4 is 4.90 Å². The molecule has 0 unspecified atom stereocenters. The van der Waals surface area contributed by atoms with Gasteiger partial charge in [0.1, 0.15) is 0 Å². The first-order valence-corrected chi connectivity index (χ1v) is 8.25. The molecule has 112 valence electrons. The Morgan fingerprint density at radius 2 is 1.68 bits per heavy atom. The number of nitrogens with zero attached hydrogens (tertiary/aromatic N) is 1. The lowest BCUT2D eigenvalue weighted by molar-refractivity contribution is -0.123. The molecule has 1 aliphatic heterocycles. The Morgan fingerprint density at radius 1 is 1.09 bits per heavy atom. The highest BCUT2D eigenvalue weighted by Crippen LogP contribution is 2.73. The van der Waals surface area contributed by atoms with Crippen LogP contribution in [0.3, 0.4) is 0 Å². The van der Waals surface area contributed by atoms with Gasteiger partial charge in [-0.3, -0.25) is 9.59 Å². The standard InChI is InChI=1S/C18H16ClNO2/c1-9-2-3-10(19)8-13(9)20-16(21)14-11-4-5-12(15(14)17(20)22)18(11)6-7-18/h2-5,8,11-12,14-15H,6-7H2,1H3/t11-,12-,14+,15+/m1/s1. The lowest BCUT2D eigenvalue weighted by Gasteiger charge is -2.23. The lowest BCUT2D eigenvalue weighted by Crippen LogP contribution is -2.35. The second-order valence-electron chi connectivity index (χ2n) is 7.16. The van der Waals surface area contributed by atoms with Crippen LogP contribution in [0.2, 0.25) is 5.02 Å². The maximum Gasteiger partial charge on any atom is 0.238 e. The van der Waals surface area contributed by atoms with Gasteiger partial charge in [0.2, 0.25) is 11.8 Å². The number of anilines is 1. The van der Waals surface area contributed by atoms with Crippen LogP contribution in [-0.2, 0) is 9.59 Å². The van der Waals surface area contributed by atoms with Gasteiger partial charge in [-0.05, 0) is 54.7 Å². The van der Waals surface area contributed by atoms with Crippen LogP contribution in [-0.4, -0.2) is 11.8 Å². The Hall–Kier alpha value is -1.61. The van der Waals surface area contributed by atoms with Crippen molar-refractivity contribution in [2.75, 3.05) is 4.90 Å². The van der Waals surface area contributed by atoms with E-state index >= 15 is 0 Å². The molecule has 0 radical (unpaired) electrons. The van der Waals surface area contributed by atoms with E-state index in [-0.39, 0.29) is 40.9 Å². The number of hydrogen-bond donors (Lipinski definition) is 0. The van der Waals surface area contributed by atoms with Crippen molar-refractivity contribution >= 4 is 29.1 Å². The van der Waals surface area contributed by atoms with Crippen molar-refractivity contribution in [3.63, 3.8) is 0 Å². The first kappa shape index (κ1) is 12.9. The zero-order valence-electron chi connectivity index (χ0n) is 12.3. The Balaban J connectivity index is 1.61. The van der Waals surface area contributed by atoms with E-state index in [2.05, 4.69) is 12.2 Å². The molecule has 1 aromatic rings. The minimum atomic E-state index is -0.150. The van der Waals surface area contributed by atoms with Gasteiger partial charge in [-0.25, -0.2) is 4.90 Å². The molecular formula is C18H16ClNO2. The van der Waals surface area contributed by atoms with Crippen molar-refractivity contribution in [3.05, 3.63) is 40.9 Å². The average Bonchev–Trinajstić information content (AvgIpc) is 3.08. The first-order valence-electron chi connectivity index (χ1n) is 7.87. The zero-order chi connectivity index (χ0) is 15.2. The number of carbonyl (C=O) groups is 2. The van der Waals surface area contributed by atoms with Gasteiger partial charge >= 0.3 is 0 Å². The molecule has 0 N–H and O–H groups in total. The fourth-order valence-electron chi connectivity index (χ4n) is 5.14. The van der Waals surface area contributed by atoms with Crippen LogP contribution >= 0.6 is 11.6 Å². The van der Waals surface area contributed by atoms with Crippen molar-refractivity contribution in [2.45, 2.75) is 19.8 Å². The van der Waals surface area contributed by atoms with Gasteiger partial charge < -0.3 is 0 Å². The van der Waals surface area contributed by atoms with Crippen molar-refractivity contribution < 1.29 is 9.59 Å². The van der Waals surface area contributed by atoms with Crippen molar-refractivity contribution in [1.82, 2.24) is 0 Å². The number of halogens is 1. The predicted molar refractivity (Wildman–Crippen MR) is 83.4 cm³/mol. The average molecular weight is 314 g/mol. The van der Waals surface area contributed by atoms with Crippen molar-refractivity contribution in [1.29, 1.82) is 0 Å². The lowest BCUT2D eigenvalue weighted by atomic mass is 9.85. The molecule has 5 rings (SSSR count). The number of allylic oxidation sites excluding steroid dienone is 2. The quantitative estimate of drug-likeness (QED) is 0.589. The molecule has 2 bridgehead atoms. The number of benzene rings is 1. The molecule has 2 saturated carbocycles. The SMILES string of the molecule is Cc1ccc(Cl)cc1N1C(=O)[C@@H]2[C@@H](C1=O)[C@H]1C=C[C@H]2C12CC2. The number of hydrogen-bond acceptors (Lipinski definition) is 2. The number of fused-ring (bicyclic) bond motifs is 3. The summed E-state index contributed by atoms with van der Waals surface area (Å²) in [5, 5.41) is 0.554. The van der Waals surface area contributed by atoms with Crippen LogP contribution in [0.5, 0.6) is 0 Å². The van der Waals surface area contributed by atoms with Crippen molar-refractivity contribution in [2.24, 2.45) is 29.1 Å². The van der Waals surface area contributed by atoms with Gasteiger partial charge in [-0.1, -0.05) is 29.8 Å². The van der Waals surface area contributed by atoms with E-state index in [9.17, 15) is 9.59 Å². The summed E-state index contributed by atoms with van der Waals surface area (Å²) < 4.78 is 0. The fraction of sp³-hybridized carbons (Fsp3) is 0.444. The maximum absolute atomic E-state index is 13.0. The number of aryl methyl sites for hydroxylation is 1. The highest BCUT2D eigenvalue weighted by atomic mass is 35.5. The normalized spacial score (nSPS) is 36.5. The summed E-state index contributed by atoms with van der Waals surface area (Å²) in [6.45, 7) is 1.91. The summed E-state index contributed by atoms with van der Waals surface area (Å²) in [6, 6.07) is 5.38. The van der Waals surface area contributed by atoms with E-state index in [4.69, 9.17) is 11.6 Å². The molecule has 1 saturated heterocycles. The topological polar surface area (TPSA) is 37.4 Å². The third-order valence-corrected chi connectivity index (χ3v) is 6.50. The monoisotopic (exact) mass is 313 g/mol. The van der Waals surface area contributed by atoms with Crippen LogP contribution in [0, 0.1) is 36.0 Å². The van der Waals surface area contributed by atoms with Gasteiger partial charge in [-0.2, -0.15) is 0 Å². The molecule has 4 aliphatic rings. The number of amides is 2. The highest BCUT2D eigenvalue weighted by Gasteiger charge is 2.73.